The SMILES string of the molecule is O=c1[nH]c2cc(Br)c([N+](=O)[O-])c(Br)c2c(O)c1[N+](=O)[O-]. The second-order valence-electron chi connectivity index (χ2n) is 3.61. The number of nitro groups is 2. The Hall–Kier alpha value is -2.01. The van der Waals surface area contributed by atoms with E-state index in [1.165, 1.54) is 6.07 Å². The number of aromatic amines is 1. The number of benzene rings is 1. The Morgan fingerprint density at radius 2 is 1.70 bits per heavy atom. The van der Waals surface area contributed by atoms with Gasteiger partial charge in [-0.2, -0.15) is 0 Å². The Labute approximate surface area is 125 Å². The van der Waals surface area contributed by atoms with Gasteiger partial charge in [-0.15, -0.1) is 0 Å². The number of hydrogen-bond donors (Lipinski definition) is 2. The minimum Gasteiger partial charge on any atom is -0.501 e. The van der Waals surface area contributed by atoms with E-state index in [2.05, 4.69) is 36.8 Å². The fourth-order valence-electron chi connectivity index (χ4n) is 1.68. The maximum absolute atomic E-state index is 11.5. The lowest BCUT2D eigenvalue weighted by Gasteiger charge is -2.06. The number of fused-ring (bicyclic) bond motifs is 1. The molecule has 1 heterocycles. The lowest BCUT2D eigenvalue weighted by molar-refractivity contribution is -0.387. The first-order valence-corrected chi connectivity index (χ1v) is 6.40. The van der Waals surface area contributed by atoms with Crippen LogP contribution < -0.4 is 5.56 Å². The van der Waals surface area contributed by atoms with Gasteiger partial charge in [-0.3, -0.25) is 25.0 Å². The zero-order valence-electron chi connectivity index (χ0n) is 9.22. The highest BCUT2D eigenvalue weighted by Crippen LogP contribution is 2.43. The first kappa shape index (κ1) is 14.4. The topological polar surface area (TPSA) is 139 Å². The second kappa shape index (κ2) is 4.83. The van der Waals surface area contributed by atoms with Crippen LogP contribution in [-0.4, -0.2) is 19.9 Å². The van der Waals surface area contributed by atoms with Crippen LogP contribution in [0.4, 0.5) is 11.4 Å². The highest BCUT2D eigenvalue weighted by Gasteiger charge is 2.28. The zero-order valence-corrected chi connectivity index (χ0v) is 12.4. The smallest absolute Gasteiger partial charge is 0.375 e. The van der Waals surface area contributed by atoms with Crippen molar-refractivity contribution in [3.8, 4) is 5.75 Å². The first-order valence-electron chi connectivity index (χ1n) is 4.81. The quantitative estimate of drug-likeness (QED) is 0.578. The van der Waals surface area contributed by atoms with Crippen LogP contribution in [0.2, 0.25) is 0 Å². The number of nitrogens with zero attached hydrogens (tertiary/aromatic N) is 2. The van der Waals surface area contributed by atoms with Crippen molar-refractivity contribution in [3.63, 3.8) is 0 Å². The fourth-order valence-corrected chi connectivity index (χ4v) is 3.28. The number of aromatic nitrogens is 1. The van der Waals surface area contributed by atoms with Crippen LogP contribution in [0.15, 0.2) is 19.8 Å². The van der Waals surface area contributed by atoms with Gasteiger partial charge in [-0.25, -0.2) is 0 Å². The van der Waals surface area contributed by atoms with Crippen LogP contribution in [0.5, 0.6) is 5.75 Å². The van der Waals surface area contributed by atoms with Gasteiger partial charge in [0.2, 0.25) is 5.75 Å². The van der Waals surface area contributed by atoms with Gasteiger partial charge in [0.1, 0.15) is 4.47 Å². The molecular formula is C9H3Br2N3O6. The Balaban J connectivity index is 3.07. The van der Waals surface area contributed by atoms with E-state index in [0.717, 1.165) is 0 Å². The van der Waals surface area contributed by atoms with Gasteiger partial charge >= 0.3 is 11.2 Å². The lowest BCUT2D eigenvalue weighted by atomic mass is 10.1. The number of pyridine rings is 1. The van der Waals surface area contributed by atoms with E-state index in [4.69, 9.17) is 0 Å². The number of halogens is 2. The van der Waals surface area contributed by atoms with Crippen molar-refractivity contribution in [2.45, 2.75) is 0 Å². The van der Waals surface area contributed by atoms with Crippen molar-refractivity contribution in [1.82, 2.24) is 4.98 Å². The molecule has 0 saturated carbocycles. The summed E-state index contributed by atoms with van der Waals surface area (Å²) >= 11 is 5.87. The molecule has 0 aliphatic carbocycles. The van der Waals surface area contributed by atoms with Gasteiger partial charge in [0.15, 0.2) is 0 Å². The van der Waals surface area contributed by atoms with Crippen molar-refractivity contribution in [2.75, 3.05) is 0 Å². The summed E-state index contributed by atoms with van der Waals surface area (Å²) in [7, 11) is 0. The maximum atomic E-state index is 11.5. The molecule has 0 fully saturated rings. The van der Waals surface area contributed by atoms with Crippen LogP contribution in [0.3, 0.4) is 0 Å². The summed E-state index contributed by atoms with van der Waals surface area (Å²) in [5.74, 6) is -0.934. The van der Waals surface area contributed by atoms with Crippen molar-refractivity contribution in [2.24, 2.45) is 0 Å². The minimum atomic E-state index is -1.10. The Morgan fingerprint density at radius 3 is 2.20 bits per heavy atom. The van der Waals surface area contributed by atoms with E-state index in [0.29, 0.717) is 0 Å². The second-order valence-corrected chi connectivity index (χ2v) is 5.26. The van der Waals surface area contributed by atoms with Crippen molar-refractivity contribution < 1.29 is 15.0 Å². The fraction of sp³-hybridized carbons (Fsp3) is 0. The number of nitro benzene ring substituents is 1. The van der Waals surface area contributed by atoms with Gasteiger partial charge in [-0.05, 0) is 37.9 Å². The van der Waals surface area contributed by atoms with Crippen molar-refractivity contribution >= 4 is 54.1 Å². The van der Waals surface area contributed by atoms with Crippen LogP contribution >= 0.6 is 31.9 Å². The Kier molecular flexibility index (Phi) is 3.48. The molecule has 1 aromatic carbocycles. The summed E-state index contributed by atoms with van der Waals surface area (Å²) in [5.41, 5.74) is -2.58. The van der Waals surface area contributed by atoms with Crippen molar-refractivity contribution in [1.29, 1.82) is 0 Å². The molecule has 0 bridgehead atoms. The lowest BCUT2D eigenvalue weighted by Crippen LogP contribution is -2.12. The summed E-state index contributed by atoms with van der Waals surface area (Å²) in [4.78, 5) is 33.6. The Bertz CT molecular complexity index is 831. The van der Waals surface area contributed by atoms with E-state index in [1.54, 1.807) is 0 Å². The standard InChI is InChI=1S/C9H3Br2N3O6/c10-2-1-3-4(5(11)6(2)13(17)18)8(15)7(14(19)20)9(16)12-3/h1H,(H2,12,15,16). The molecule has 1 aromatic heterocycles. The number of aromatic hydroxyl groups is 1. The number of rotatable bonds is 2. The Morgan fingerprint density at radius 1 is 1.15 bits per heavy atom. The highest BCUT2D eigenvalue weighted by atomic mass is 79.9. The van der Waals surface area contributed by atoms with Gasteiger partial charge in [0, 0.05) is 0 Å². The molecule has 2 aromatic rings. The molecule has 104 valence electrons. The molecule has 0 aliphatic heterocycles. The molecule has 2 N–H and O–H groups in total. The van der Waals surface area contributed by atoms with Gasteiger partial charge in [0.25, 0.3) is 5.69 Å². The third-order valence-electron chi connectivity index (χ3n) is 2.48. The van der Waals surface area contributed by atoms with E-state index < -0.39 is 32.5 Å². The average Bonchev–Trinajstić information content (AvgIpc) is 2.25. The molecular weight excluding hydrogens is 406 g/mol. The predicted molar refractivity (Wildman–Crippen MR) is 74.9 cm³/mol. The largest absolute Gasteiger partial charge is 0.501 e. The molecule has 2 rings (SSSR count). The first-order chi connectivity index (χ1) is 9.25. The third-order valence-corrected chi connectivity index (χ3v) is 3.86. The third kappa shape index (κ3) is 2.04. The monoisotopic (exact) mass is 407 g/mol. The molecule has 0 atom stereocenters. The van der Waals surface area contributed by atoms with Crippen molar-refractivity contribution in [3.05, 3.63) is 45.6 Å². The van der Waals surface area contributed by atoms with E-state index in [1.807, 2.05) is 0 Å². The maximum Gasteiger partial charge on any atom is 0.375 e. The molecule has 0 saturated heterocycles. The van der Waals surface area contributed by atoms with Crippen LogP contribution in [-0.2, 0) is 0 Å². The number of nitrogens with one attached hydrogen (secondary N) is 1. The molecule has 0 radical (unpaired) electrons. The van der Waals surface area contributed by atoms with Crippen LogP contribution in [0.1, 0.15) is 0 Å². The zero-order chi connectivity index (χ0) is 15.2. The van der Waals surface area contributed by atoms with Gasteiger partial charge in [-0.1, -0.05) is 0 Å². The summed E-state index contributed by atoms with van der Waals surface area (Å²) in [5, 5.41) is 31.3. The summed E-state index contributed by atoms with van der Waals surface area (Å²) in [6.45, 7) is 0. The normalized spacial score (nSPS) is 10.7. The molecule has 0 spiro atoms. The summed E-state index contributed by atoms with van der Waals surface area (Å²) in [6.07, 6.45) is 0. The molecule has 0 amide bonds. The summed E-state index contributed by atoms with van der Waals surface area (Å²) < 4.78 is -0.130. The average molecular weight is 409 g/mol. The number of H-pyrrole nitrogens is 1. The summed E-state index contributed by atoms with van der Waals surface area (Å²) in [6, 6.07) is 1.18. The highest BCUT2D eigenvalue weighted by molar-refractivity contribution is 9.11. The molecule has 11 heteroatoms. The molecule has 9 nitrogen and oxygen atoms in total. The predicted octanol–water partition coefficient (Wildman–Crippen LogP) is 2.58. The molecule has 0 unspecified atom stereocenters. The van der Waals surface area contributed by atoms with Crippen LogP contribution in [0.25, 0.3) is 10.9 Å². The van der Waals surface area contributed by atoms with Gasteiger partial charge < -0.3 is 10.1 Å². The van der Waals surface area contributed by atoms with Gasteiger partial charge in [0.05, 0.1) is 25.2 Å². The van der Waals surface area contributed by atoms with E-state index in [-0.39, 0.29) is 19.8 Å². The minimum absolute atomic E-state index is 0.0162. The van der Waals surface area contributed by atoms with E-state index >= 15 is 0 Å². The number of hydrogen-bond acceptors (Lipinski definition) is 6. The molecule has 0 aliphatic rings. The van der Waals surface area contributed by atoms with Crippen LogP contribution in [0, 0.1) is 20.2 Å². The molecule has 20 heavy (non-hydrogen) atoms. The van der Waals surface area contributed by atoms with E-state index in [9.17, 15) is 30.1 Å².